The van der Waals surface area contributed by atoms with Gasteiger partial charge in [-0.1, -0.05) is 46.3 Å². The number of hydrogen-bond donors (Lipinski definition) is 2. The number of carbonyl (C=O) groups is 3. The van der Waals surface area contributed by atoms with Gasteiger partial charge in [0.15, 0.2) is 11.6 Å². The van der Waals surface area contributed by atoms with Crippen molar-refractivity contribution < 1.29 is 19.5 Å². The number of rotatable bonds is 12. The third-order valence-corrected chi connectivity index (χ3v) is 9.60. The standard InChI is InChI=1S/C34H28BrN3O4S2/c1-21(27-20-43-33(32(27)41)23-10-12-25(35)13-11-23)37-19-29(40)31-16-15-30(44-31)28(39)14-7-22-5-8-24(9-6-22)34(42)38-18-26-4-2-3-17-36-26/h2-6,8-13,15-17,20,41H,7,14,18-19H2,1H3,(H,38,42). The lowest BCUT2D eigenvalue weighted by molar-refractivity contribution is 0.0947. The van der Waals surface area contributed by atoms with Crippen LogP contribution in [0, 0.1) is 0 Å². The zero-order valence-corrected chi connectivity index (χ0v) is 27.0. The molecule has 1 amide bonds. The number of amides is 1. The number of aliphatic imine (C=N–C) groups is 1. The average molecular weight is 687 g/mol. The summed E-state index contributed by atoms with van der Waals surface area (Å²) in [6.07, 6.45) is 2.49. The van der Waals surface area contributed by atoms with Crippen molar-refractivity contribution in [2.45, 2.75) is 26.3 Å². The molecule has 3 aromatic heterocycles. The van der Waals surface area contributed by atoms with Crippen molar-refractivity contribution in [1.29, 1.82) is 0 Å². The van der Waals surface area contributed by atoms with Gasteiger partial charge in [0.2, 0.25) is 0 Å². The molecule has 44 heavy (non-hydrogen) atoms. The van der Waals surface area contributed by atoms with Crippen molar-refractivity contribution >= 4 is 61.8 Å². The predicted molar refractivity (Wildman–Crippen MR) is 179 cm³/mol. The number of thiophene rings is 2. The molecule has 0 fully saturated rings. The molecule has 0 radical (unpaired) electrons. The number of aryl methyl sites for hydroxylation is 1. The maximum Gasteiger partial charge on any atom is 0.251 e. The Labute approximate surface area is 271 Å². The van der Waals surface area contributed by atoms with Gasteiger partial charge in [0.1, 0.15) is 12.3 Å². The number of pyridine rings is 1. The van der Waals surface area contributed by atoms with Gasteiger partial charge in [0.25, 0.3) is 5.91 Å². The largest absolute Gasteiger partial charge is 0.506 e. The van der Waals surface area contributed by atoms with Gasteiger partial charge in [0.05, 0.1) is 26.9 Å². The Kier molecular flexibility index (Phi) is 10.3. The molecule has 10 heteroatoms. The lowest BCUT2D eigenvalue weighted by atomic mass is 10.0. The van der Waals surface area contributed by atoms with Gasteiger partial charge in [-0.25, -0.2) is 0 Å². The Morgan fingerprint density at radius 1 is 0.932 bits per heavy atom. The molecule has 2 N–H and O–H groups in total. The highest BCUT2D eigenvalue weighted by Crippen LogP contribution is 2.39. The number of carbonyl (C=O) groups excluding carboxylic acids is 3. The van der Waals surface area contributed by atoms with E-state index in [1.165, 1.54) is 22.7 Å². The molecule has 0 unspecified atom stereocenters. The number of aromatic nitrogens is 1. The minimum Gasteiger partial charge on any atom is -0.506 e. The molecule has 0 aliphatic carbocycles. The minimum absolute atomic E-state index is 0.0467. The first kappa shape index (κ1) is 31.2. The van der Waals surface area contributed by atoms with E-state index in [1.54, 1.807) is 37.4 Å². The fraction of sp³-hybridized carbons (Fsp3) is 0.147. The first-order valence-corrected chi connectivity index (χ1v) is 16.3. The molecule has 5 aromatic rings. The molecule has 2 aromatic carbocycles. The van der Waals surface area contributed by atoms with Crippen LogP contribution in [0.2, 0.25) is 0 Å². The third-order valence-electron chi connectivity index (χ3n) is 6.89. The number of aromatic hydroxyl groups is 1. The van der Waals surface area contributed by atoms with Crippen LogP contribution in [-0.4, -0.2) is 39.8 Å². The number of nitrogens with one attached hydrogen (secondary N) is 1. The van der Waals surface area contributed by atoms with E-state index in [9.17, 15) is 19.5 Å². The minimum atomic E-state index is -0.189. The smallest absolute Gasteiger partial charge is 0.251 e. The molecule has 5 rings (SSSR count). The van der Waals surface area contributed by atoms with Crippen LogP contribution in [0.3, 0.4) is 0 Å². The van der Waals surface area contributed by atoms with E-state index in [2.05, 4.69) is 31.2 Å². The number of nitrogens with zero attached hydrogens (tertiary/aromatic N) is 2. The second-order valence-corrected chi connectivity index (χ2v) is 12.8. The molecule has 7 nitrogen and oxygen atoms in total. The number of Topliss-reactive ketones (excluding diaryl/α,β-unsaturated/α-hetero) is 2. The van der Waals surface area contributed by atoms with Crippen molar-refractivity contribution in [1.82, 2.24) is 10.3 Å². The highest BCUT2D eigenvalue weighted by molar-refractivity contribution is 9.10. The predicted octanol–water partition coefficient (Wildman–Crippen LogP) is 7.78. The van der Waals surface area contributed by atoms with Crippen molar-refractivity contribution in [3.63, 3.8) is 0 Å². The molecule has 0 bridgehead atoms. The molecule has 0 spiro atoms. The van der Waals surface area contributed by atoms with Crippen LogP contribution in [0.1, 0.15) is 59.9 Å². The fourth-order valence-corrected chi connectivity index (χ4v) is 6.56. The van der Waals surface area contributed by atoms with E-state index in [0.29, 0.717) is 39.6 Å². The Morgan fingerprint density at radius 3 is 2.36 bits per heavy atom. The van der Waals surface area contributed by atoms with Crippen LogP contribution in [0.15, 0.2) is 99.9 Å². The Bertz CT molecular complexity index is 1810. The number of hydrogen-bond acceptors (Lipinski definition) is 8. The Balaban J connectivity index is 1.12. The van der Waals surface area contributed by atoms with E-state index in [1.807, 2.05) is 60.0 Å². The maximum atomic E-state index is 12.8. The van der Waals surface area contributed by atoms with E-state index in [-0.39, 0.29) is 36.2 Å². The van der Waals surface area contributed by atoms with E-state index >= 15 is 0 Å². The van der Waals surface area contributed by atoms with Crippen LogP contribution < -0.4 is 5.32 Å². The average Bonchev–Trinajstić information content (AvgIpc) is 3.70. The van der Waals surface area contributed by atoms with E-state index in [0.717, 1.165) is 26.2 Å². The second kappa shape index (κ2) is 14.5. The fourth-order valence-electron chi connectivity index (χ4n) is 4.38. The molecule has 0 aliphatic rings. The van der Waals surface area contributed by atoms with E-state index in [4.69, 9.17) is 0 Å². The second-order valence-electron chi connectivity index (χ2n) is 9.95. The topological polar surface area (TPSA) is 109 Å². The molecule has 0 saturated carbocycles. The highest BCUT2D eigenvalue weighted by Gasteiger charge is 2.17. The highest BCUT2D eigenvalue weighted by atomic mass is 79.9. The number of ketones is 2. The SMILES string of the molecule is CC(=NCC(=O)c1ccc(C(=O)CCc2ccc(C(=O)NCc3ccccn3)cc2)s1)c1csc(-c2ccc(Br)cc2)c1O. The Hall–Kier alpha value is -4.25. The van der Waals surface area contributed by atoms with Gasteiger partial charge in [-0.3, -0.25) is 24.4 Å². The molecule has 222 valence electrons. The van der Waals surface area contributed by atoms with Crippen molar-refractivity contribution in [2.75, 3.05) is 6.54 Å². The third kappa shape index (κ3) is 7.82. The molecule has 3 heterocycles. The summed E-state index contributed by atoms with van der Waals surface area (Å²) in [6.45, 7) is 2.04. The molecular formula is C34H28BrN3O4S2. The summed E-state index contributed by atoms with van der Waals surface area (Å²) in [5.74, 6) is -0.275. The van der Waals surface area contributed by atoms with Gasteiger partial charge >= 0.3 is 0 Å². The van der Waals surface area contributed by atoms with Crippen molar-refractivity contribution in [3.05, 3.63) is 127 Å². The zero-order chi connectivity index (χ0) is 31.1. The summed E-state index contributed by atoms with van der Waals surface area (Å²) >= 11 is 6.01. The Morgan fingerprint density at radius 2 is 1.66 bits per heavy atom. The van der Waals surface area contributed by atoms with Crippen molar-refractivity contribution in [3.8, 4) is 16.2 Å². The summed E-state index contributed by atoms with van der Waals surface area (Å²) in [4.78, 5) is 48.5. The zero-order valence-electron chi connectivity index (χ0n) is 23.7. The normalized spacial score (nSPS) is 11.4. The quantitative estimate of drug-likeness (QED) is 0.103. The van der Waals surface area contributed by atoms with Gasteiger partial charge in [-0.05, 0) is 73.0 Å². The first-order chi connectivity index (χ1) is 21.3. The monoisotopic (exact) mass is 685 g/mol. The molecule has 0 saturated heterocycles. The molecule has 0 aliphatic heterocycles. The summed E-state index contributed by atoms with van der Waals surface area (Å²) in [5.41, 5.74) is 4.33. The van der Waals surface area contributed by atoms with Crippen LogP contribution in [0.4, 0.5) is 0 Å². The van der Waals surface area contributed by atoms with Crippen LogP contribution >= 0.6 is 38.6 Å². The van der Waals surface area contributed by atoms with Gasteiger partial charge in [-0.15, -0.1) is 22.7 Å². The molecule has 0 atom stereocenters. The van der Waals surface area contributed by atoms with Gasteiger partial charge in [-0.2, -0.15) is 0 Å². The van der Waals surface area contributed by atoms with Crippen LogP contribution in [-0.2, 0) is 13.0 Å². The summed E-state index contributed by atoms with van der Waals surface area (Å²) in [6, 6.07) is 23.8. The lowest BCUT2D eigenvalue weighted by Gasteiger charge is -2.06. The molecular weight excluding hydrogens is 658 g/mol. The van der Waals surface area contributed by atoms with Crippen molar-refractivity contribution in [2.24, 2.45) is 4.99 Å². The maximum absolute atomic E-state index is 12.8. The lowest BCUT2D eigenvalue weighted by Crippen LogP contribution is -2.23. The summed E-state index contributed by atoms with van der Waals surface area (Å²) < 4.78 is 0.956. The summed E-state index contributed by atoms with van der Waals surface area (Å²) in [5, 5.41) is 15.5. The number of halogens is 1. The van der Waals surface area contributed by atoms with Gasteiger partial charge in [0, 0.05) is 39.3 Å². The van der Waals surface area contributed by atoms with E-state index < -0.39 is 0 Å². The van der Waals surface area contributed by atoms with Gasteiger partial charge < -0.3 is 10.4 Å². The summed E-state index contributed by atoms with van der Waals surface area (Å²) in [7, 11) is 0. The first-order valence-electron chi connectivity index (χ1n) is 13.8. The van der Waals surface area contributed by atoms with Crippen LogP contribution in [0.25, 0.3) is 10.4 Å². The number of benzene rings is 2. The van der Waals surface area contributed by atoms with Crippen LogP contribution in [0.5, 0.6) is 5.75 Å².